The van der Waals surface area contributed by atoms with Crippen LogP contribution in [0.2, 0.25) is 0 Å². The molecular formula is C29H34O6S. The molecule has 0 radical (unpaired) electrons. The second-order valence-corrected chi connectivity index (χ2v) is 11.0. The van der Waals surface area contributed by atoms with E-state index in [4.69, 9.17) is 18.8 Å². The second kappa shape index (κ2) is 12.6. The summed E-state index contributed by atoms with van der Waals surface area (Å²) in [6.07, 6.45) is 2.74. The lowest BCUT2D eigenvalue weighted by molar-refractivity contribution is -0.0778. The maximum atomic E-state index is 12.2. The lowest BCUT2D eigenvalue weighted by Crippen LogP contribution is -2.38. The average molecular weight is 511 g/mol. The molecular weight excluding hydrogens is 476 g/mol. The zero-order valence-electron chi connectivity index (χ0n) is 20.5. The molecule has 2 aliphatic carbocycles. The van der Waals surface area contributed by atoms with Crippen LogP contribution in [0.1, 0.15) is 42.4 Å². The summed E-state index contributed by atoms with van der Waals surface area (Å²) in [7, 11) is -3.68. The molecule has 0 unspecified atom stereocenters. The summed E-state index contributed by atoms with van der Waals surface area (Å²) in [5.41, 5.74) is 3.33. The largest absolute Gasteiger partial charge is 0.393 e. The molecule has 2 saturated carbocycles. The van der Waals surface area contributed by atoms with E-state index in [0.717, 1.165) is 24.0 Å². The van der Waals surface area contributed by atoms with Gasteiger partial charge in [0.25, 0.3) is 10.1 Å². The molecule has 7 heteroatoms. The van der Waals surface area contributed by atoms with Crippen molar-refractivity contribution < 1.29 is 27.2 Å². The quantitative estimate of drug-likeness (QED) is 0.400. The molecule has 0 atom stereocenters. The van der Waals surface area contributed by atoms with Crippen LogP contribution in [-0.4, -0.2) is 37.9 Å². The van der Waals surface area contributed by atoms with E-state index < -0.39 is 10.1 Å². The normalized spacial score (nSPS) is 23.1. The smallest absolute Gasteiger partial charge is 0.297 e. The molecule has 0 bridgehead atoms. The van der Waals surface area contributed by atoms with Crippen LogP contribution in [0.25, 0.3) is 0 Å². The Balaban J connectivity index is 0.000000197. The Bertz CT molecular complexity index is 1150. The molecule has 3 aromatic rings. The van der Waals surface area contributed by atoms with Crippen molar-refractivity contribution in [2.24, 2.45) is 0 Å². The van der Waals surface area contributed by atoms with Crippen LogP contribution in [0.5, 0.6) is 0 Å². The van der Waals surface area contributed by atoms with Gasteiger partial charge in [-0.3, -0.25) is 4.18 Å². The van der Waals surface area contributed by atoms with Crippen molar-refractivity contribution in [3.05, 3.63) is 102 Å². The molecule has 2 fully saturated rings. The zero-order chi connectivity index (χ0) is 25.4. The summed E-state index contributed by atoms with van der Waals surface area (Å²) in [5, 5.41) is 9.04. The summed E-state index contributed by atoms with van der Waals surface area (Å²) < 4.78 is 40.9. The number of aliphatic hydroxyl groups excluding tert-OH is 1. The van der Waals surface area contributed by atoms with Gasteiger partial charge in [-0.15, -0.1) is 0 Å². The molecule has 2 aliphatic rings. The molecule has 6 nitrogen and oxygen atoms in total. The Morgan fingerprint density at radius 1 is 0.694 bits per heavy atom. The second-order valence-electron chi connectivity index (χ2n) is 9.42. The highest BCUT2D eigenvalue weighted by molar-refractivity contribution is 7.86. The van der Waals surface area contributed by atoms with Gasteiger partial charge in [-0.25, -0.2) is 0 Å². The lowest BCUT2D eigenvalue weighted by atomic mass is 9.92. The molecule has 0 heterocycles. The van der Waals surface area contributed by atoms with Crippen LogP contribution in [0.4, 0.5) is 0 Å². The van der Waals surface area contributed by atoms with E-state index >= 15 is 0 Å². The van der Waals surface area contributed by atoms with Crippen LogP contribution in [-0.2, 0) is 37.0 Å². The van der Waals surface area contributed by atoms with Gasteiger partial charge in [0.05, 0.1) is 42.5 Å². The predicted octanol–water partition coefficient (Wildman–Crippen LogP) is 5.17. The summed E-state index contributed by atoms with van der Waals surface area (Å²) in [6.45, 7) is 3.12. The van der Waals surface area contributed by atoms with Gasteiger partial charge < -0.3 is 14.6 Å². The molecule has 0 spiro atoms. The SMILES string of the molecule is Cc1ccc(S(=O)(=O)OC2CC(OCc3ccccc3)C2)cc1.OC1CC(OCc2ccccc2)C1. The third kappa shape index (κ3) is 7.98. The average Bonchev–Trinajstić information content (AvgIpc) is 2.84. The fourth-order valence-corrected chi connectivity index (χ4v) is 5.02. The van der Waals surface area contributed by atoms with E-state index in [2.05, 4.69) is 12.1 Å². The van der Waals surface area contributed by atoms with Gasteiger partial charge >= 0.3 is 0 Å². The fourth-order valence-electron chi connectivity index (χ4n) is 3.92. The van der Waals surface area contributed by atoms with Crippen LogP contribution in [0, 0.1) is 6.92 Å². The molecule has 0 aliphatic heterocycles. The van der Waals surface area contributed by atoms with Crippen LogP contribution in [0.15, 0.2) is 89.8 Å². The summed E-state index contributed by atoms with van der Waals surface area (Å²) in [4.78, 5) is 0.205. The van der Waals surface area contributed by atoms with Gasteiger partial charge in [0.2, 0.25) is 0 Å². The number of hydrogen-bond donors (Lipinski definition) is 1. The molecule has 3 aromatic carbocycles. The fraction of sp³-hybridized carbons (Fsp3) is 0.379. The predicted molar refractivity (Wildman–Crippen MR) is 138 cm³/mol. The zero-order valence-corrected chi connectivity index (χ0v) is 21.3. The molecule has 0 amide bonds. The monoisotopic (exact) mass is 510 g/mol. The van der Waals surface area contributed by atoms with E-state index in [1.54, 1.807) is 24.3 Å². The Hall–Kier alpha value is -2.55. The van der Waals surface area contributed by atoms with Gasteiger partial charge in [-0.1, -0.05) is 78.4 Å². The van der Waals surface area contributed by atoms with Crippen LogP contribution in [0.3, 0.4) is 0 Å². The van der Waals surface area contributed by atoms with Crippen LogP contribution >= 0.6 is 0 Å². The molecule has 36 heavy (non-hydrogen) atoms. The van der Waals surface area contributed by atoms with Crippen molar-refractivity contribution in [2.75, 3.05) is 0 Å². The molecule has 192 valence electrons. The van der Waals surface area contributed by atoms with Crippen molar-refractivity contribution in [3.8, 4) is 0 Å². The molecule has 5 rings (SSSR count). The number of aliphatic hydroxyl groups is 1. The Morgan fingerprint density at radius 2 is 1.17 bits per heavy atom. The minimum Gasteiger partial charge on any atom is -0.393 e. The standard InChI is InChI=1S/C18H20O4S.C11H14O2/c1-14-7-9-18(10-8-14)23(19,20)22-17-11-16(12-17)21-13-15-5-3-2-4-6-15;12-10-6-11(7-10)13-8-9-4-2-1-3-5-9/h2-10,16-17H,11-13H2,1H3;1-5,10-12H,6-8H2. The van der Waals surface area contributed by atoms with Gasteiger partial charge in [-0.05, 0) is 43.0 Å². The maximum Gasteiger partial charge on any atom is 0.297 e. The number of ether oxygens (including phenoxy) is 2. The number of aryl methyl sites for hydroxylation is 1. The summed E-state index contributed by atoms with van der Waals surface area (Å²) in [6, 6.07) is 26.7. The van der Waals surface area contributed by atoms with E-state index in [-0.39, 0.29) is 29.3 Å². The number of hydrogen-bond acceptors (Lipinski definition) is 6. The van der Waals surface area contributed by atoms with E-state index in [1.165, 1.54) is 5.56 Å². The van der Waals surface area contributed by atoms with Gasteiger partial charge in [0.15, 0.2) is 0 Å². The van der Waals surface area contributed by atoms with E-state index in [0.29, 0.717) is 26.1 Å². The van der Waals surface area contributed by atoms with Gasteiger partial charge in [0.1, 0.15) is 0 Å². The first-order valence-electron chi connectivity index (χ1n) is 12.4. The van der Waals surface area contributed by atoms with Gasteiger partial charge in [0, 0.05) is 12.8 Å². The topological polar surface area (TPSA) is 82.1 Å². The first kappa shape index (κ1) is 26.5. The lowest BCUT2D eigenvalue weighted by Gasteiger charge is -2.34. The van der Waals surface area contributed by atoms with Crippen molar-refractivity contribution in [1.29, 1.82) is 0 Å². The Labute approximate surface area is 214 Å². The highest BCUT2D eigenvalue weighted by Gasteiger charge is 2.35. The minimum atomic E-state index is -3.68. The molecule has 1 N–H and O–H groups in total. The first-order chi connectivity index (χ1) is 17.4. The molecule has 0 saturated heterocycles. The highest BCUT2D eigenvalue weighted by Crippen LogP contribution is 2.30. The Kier molecular flexibility index (Phi) is 9.29. The van der Waals surface area contributed by atoms with Crippen molar-refractivity contribution in [1.82, 2.24) is 0 Å². The molecule has 0 aromatic heterocycles. The Morgan fingerprint density at radius 3 is 1.64 bits per heavy atom. The van der Waals surface area contributed by atoms with E-state index in [1.807, 2.05) is 55.5 Å². The van der Waals surface area contributed by atoms with Crippen molar-refractivity contribution in [2.45, 2.75) is 75.1 Å². The number of rotatable bonds is 9. The maximum absolute atomic E-state index is 12.2. The van der Waals surface area contributed by atoms with E-state index in [9.17, 15) is 8.42 Å². The summed E-state index contributed by atoms with van der Waals surface area (Å²) in [5.74, 6) is 0. The highest BCUT2D eigenvalue weighted by atomic mass is 32.2. The van der Waals surface area contributed by atoms with Gasteiger partial charge in [-0.2, -0.15) is 8.42 Å². The first-order valence-corrected chi connectivity index (χ1v) is 13.8. The third-order valence-electron chi connectivity index (χ3n) is 6.35. The third-order valence-corrected chi connectivity index (χ3v) is 7.73. The minimum absolute atomic E-state index is 0.0634. The van der Waals surface area contributed by atoms with Crippen molar-refractivity contribution in [3.63, 3.8) is 0 Å². The summed E-state index contributed by atoms with van der Waals surface area (Å²) >= 11 is 0. The van der Waals surface area contributed by atoms with Crippen LogP contribution < -0.4 is 0 Å². The number of benzene rings is 3. The van der Waals surface area contributed by atoms with Crippen molar-refractivity contribution >= 4 is 10.1 Å².